The molecule has 0 heterocycles. The van der Waals surface area contributed by atoms with Crippen LogP contribution in [0.4, 0.5) is 0 Å². The van der Waals surface area contributed by atoms with E-state index in [0.29, 0.717) is 5.41 Å². The molecule has 0 radical (unpaired) electrons. The standard InChI is InChI=1S/C15H22ClN/c1-14(2,3)12-6-5-11(9-13(12)16)15(7-8-15)10-17-4/h5-6,9,17H,7-8,10H2,1-4H3. The summed E-state index contributed by atoms with van der Waals surface area (Å²) in [7, 11) is 2.02. The summed E-state index contributed by atoms with van der Waals surface area (Å²) in [6.07, 6.45) is 2.55. The Kier molecular flexibility index (Phi) is 3.26. The zero-order chi connectivity index (χ0) is 12.7. The molecule has 0 aromatic heterocycles. The highest BCUT2D eigenvalue weighted by molar-refractivity contribution is 6.31. The van der Waals surface area contributed by atoms with Gasteiger partial charge in [-0.3, -0.25) is 0 Å². The minimum Gasteiger partial charge on any atom is -0.319 e. The van der Waals surface area contributed by atoms with Crippen LogP contribution < -0.4 is 5.32 Å². The predicted octanol–water partition coefficient (Wildman–Crippen LogP) is 3.89. The topological polar surface area (TPSA) is 12.0 Å². The molecule has 1 nitrogen and oxygen atoms in total. The Morgan fingerprint density at radius 2 is 1.94 bits per heavy atom. The van der Waals surface area contributed by atoms with Gasteiger partial charge in [0, 0.05) is 17.0 Å². The van der Waals surface area contributed by atoms with Crippen molar-refractivity contribution >= 4 is 11.6 Å². The van der Waals surface area contributed by atoms with Gasteiger partial charge in [0.15, 0.2) is 0 Å². The molecule has 0 aliphatic heterocycles. The van der Waals surface area contributed by atoms with Crippen LogP contribution in [0.2, 0.25) is 5.02 Å². The van der Waals surface area contributed by atoms with Gasteiger partial charge in [0.2, 0.25) is 0 Å². The highest BCUT2D eigenvalue weighted by Crippen LogP contribution is 2.48. The van der Waals surface area contributed by atoms with Crippen molar-refractivity contribution in [2.24, 2.45) is 0 Å². The molecule has 0 spiro atoms. The normalized spacial score (nSPS) is 18.2. The Morgan fingerprint density at radius 3 is 2.35 bits per heavy atom. The van der Waals surface area contributed by atoms with Gasteiger partial charge >= 0.3 is 0 Å². The summed E-state index contributed by atoms with van der Waals surface area (Å²) in [4.78, 5) is 0. The summed E-state index contributed by atoms with van der Waals surface area (Å²) >= 11 is 6.43. The van der Waals surface area contributed by atoms with Crippen LogP contribution in [0.15, 0.2) is 18.2 Å². The molecule has 1 aliphatic rings. The third-order valence-electron chi connectivity index (χ3n) is 3.76. The molecule has 1 N–H and O–H groups in total. The molecule has 0 atom stereocenters. The third-order valence-corrected chi connectivity index (χ3v) is 4.07. The van der Waals surface area contributed by atoms with Crippen LogP contribution in [0.25, 0.3) is 0 Å². The number of benzene rings is 1. The molecule has 1 aromatic carbocycles. The zero-order valence-corrected chi connectivity index (χ0v) is 12.0. The van der Waals surface area contributed by atoms with Gasteiger partial charge in [0.1, 0.15) is 0 Å². The van der Waals surface area contributed by atoms with Gasteiger partial charge in [-0.1, -0.05) is 44.5 Å². The van der Waals surface area contributed by atoms with Crippen molar-refractivity contribution in [1.82, 2.24) is 5.32 Å². The predicted molar refractivity (Wildman–Crippen MR) is 75.0 cm³/mol. The molecule has 1 fully saturated rings. The van der Waals surface area contributed by atoms with Crippen molar-refractivity contribution in [3.8, 4) is 0 Å². The van der Waals surface area contributed by atoms with E-state index >= 15 is 0 Å². The SMILES string of the molecule is CNCC1(c2ccc(C(C)(C)C)c(Cl)c2)CC1. The highest BCUT2D eigenvalue weighted by Gasteiger charge is 2.43. The van der Waals surface area contributed by atoms with E-state index < -0.39 is 0 Å². The first kappa shape index (κ1) is 12.9. The maximum atomic E-state index is 6.43. The van der Waals surface area contributed by atoms with Crippen molar-refractivity contribution < 1.29 is 0 Å². The van der Waals surface area contributed by atoms with Crippen molar-refractivity contribution in [3.05, 3.63) is 34.3 Å². The molecule has 2 heteroatoms. The fourth-order valence-corrected chi connectivity index (χ4v) is 2.97. The lowest BCUT2D eigenvalue weighted by Crippen LogP contribution is -2.23. The molecule has 17 heavy (non-hydrogen) atoms. The van der Waals surface area contributed by atoms with Gasteiger partial charge in [0.05, 0.1) is 0 Å². The second kappa shape index (κ2) is 4.29. The van der Waals surface area contributed by atoms with Gasteiger partial charge < -0.3 is 5.32 Å². The number of nitrogens with one attached hydrogen (secondary N) is 1. The summed E-state index contributed by atoms with van der Waals surface area (Å²) in [5.41, 5.74) is 3.11. The maximum Gasteiger partial charge on any atom is 0.0446 e. The highest BCUT2D eigenvalue weighted by atomic mass is 35.5. The van der Waals surface area contributed by atoms with E-state index in [9.17, 15) is 0 Å². The number of rotatable bonds is 3. The second-order valence-corrected chi connectivity index (χ2v) is 6.66. The third kappa shape index (κ3) is 2.51. The summed E-state index contributed by atoms with van der Waals surface area (Å²) in [5.74, 6) is 0. The molecule has 0 saturated heterocycles. The molecule has 94 valence electrons. The molecule has 0 unspecified atom stereocenters. The second-order valence-electron chi connectivity index (χ2n) is 6.26. The van der Waals surface area contributed by atoms with Crippen molar-refractivity contribution in [1.29, 1.82) is 0 Å². The lowest BCUT2D eigenvalue weighted by Gasteiger charge is -2.23. The molecule has 1 aliphatic carbocycles. The van der Waals surface area contributed by atoms with E-state index in [2.05, 4.69) is 44.3 Å². The fraction of sp³-hybridized carbons (Fsp3) is 0.600. The monoisotopic (exact) mass is 251 g/mol. The van der Waals surface area contributed by atoms with Crippen molar-refractivity contribution in [2.75, 3.05) is 13.6 Å². The Bertz CT molecular complexity index is 413. The van der Waals surface area contributed by atoms with Crippen LogP contribution in [0.3, 0.4) is 0 Å². The lowest BCUT2D eigenvalue weighted by atomic mass is 9.85. The first-order valence-electron chi connectivity index (χ1n) is 6.34. The van der Waals surface area contributed by atoms with Crippen LogP contribution in [0.5, 0.6) is 0 Å². The minimum absolute atomic E-state index is 0.120. The van der Waals surface area contributed by atoms with Gasteiger partial charge in [-0.15, -0.1) is 0 Å². The molecular weight excluding hydrogens is 230 g/mol. The first-order valence-corrected chi connectivity index (χ1v) is 6.72. The molecular formula is C15H22ClN. The number of halogens is 1. The van der Waals surface area contributed by atoms with E-state index in [1.54, 1.807) is 0 Å². The molecule has 2 rings (SSSR count). The van der Waals surface area contributed by atoms with Crippen LogP contribution in [-0.2, 0) is 10.8 Å². The van der Waals surface area contributed by atoms with Gasteiger partial charge in [-0.25, -0.2) is 0 Å². The summed E-state index contributed by atoms with van der Waals surface area (Å²) in [5, 5.41) is 4.20. The number of hydrogen-bond donors (Lipinski definition) is 1. The average Bonchev–Trinajstić information content (AvgIpc) is 2.97. The van der Waals surface area contributed by atoms with E-state index in [0.717, 1.165) is 11.6 Å². The van der Waals surface area contributed by atoms with Crippen LogP contribution in [-0.4, -0.2) is 13.6 Å². The summed E-state index contributed by atoms with van der Waals surface area (Å²) < 4.78 is 0. The van der Waals surface area contributed by atoms with E-state index in [-0.39, 0.29) is 5.41 Å². The van der Waals surface area contributed by atoms with E-state index in [1.807, 2.05) is 7.05 Å². The van der Waals surface area contributed by atoms with E-state index in [1.165, 1.54) is 24.0 Å². The maximum absolute atomic E-state index is 6.43. The largest absolute Gasteiger partial charge is 0.319 e. The van der Waals surface area contributed by atoms with Gasteiger partial charge in [-0.2, -0.15) is 0 Å². The zero-order valence-electron chi connectivity index (χ0n) is 11.2. The van der Waals surface area contributed by atoms with Crippen molar-refractivity contribution in [2.45, 2.75) is 44.4 Å². The Morgan fingerprint density at radius 1 is 1.29 bits per heavy atom. The van der Waals surface area contributed by atoms with Gasteiger partial charge in [-0.05, 0) is 42.5 Å². The Labute approximate surface area is 110 Å². The molecule has 1 aromatic rings. The molecule has 0 bridgehead atoms. The van der Waals surface area contributed by atoms with E-state index in [4.69, 9.17) is 11.6 Å². The van der Waals surface area contributed by atoms with Crippen LogP contribution in [0.1, 0.15) is 44.7 Å². The molecule has 0 amide bonds. The van der Waals surface area contributed by atoms with Gasteiger partial charge in [0.25, 0.3) is 0 Å². The fourth-order valence-electron chi connectivity index (χ4n) is 2.51. The average molecular weight is 252 g/mol. The first-order chi connectivity index (χ1) is 7.89. The van der Waals surface area contributed by atoms with Crippen LogP contribution in [0, 0.1) is 0 Å². The lowest BCUT2D eigenvalue weighted by molar-refractivity contribution is 0.587. The quantitative estimate of drug-likeness (QED) is 0.860. The Balaban J connectivity index is 2.32. The molecule has 1 saturated carbocycles. The number of hydrogen-bond acceptors (Lipinski definition) is 1. The summed E-state index contributed by atoms with van der Waals surface area (Å²) in [6.45, 7) is 7.66. The smallest absolute Gasteiger partial charge is 0.0446 e. The van der Waals surface area contributed by atoms with Crippen LogP contribution >= 0.6 is 11.6 Å². The summed E-state index contributed by atoms with van der Waals surface area (Å²) in [6, 6.07) is 6.64. The van der Waals surface area contributed by atoms with Crippen molar-refractivity contribution in [3.63, 3.8) is 0 Å². The minimum atomic E-state index is 0.120. The number of likely N-dealkylation sites (N-methyl/N-ethyl adjacent to an activating group) is 1. The Hall–Kier alpha value is -0.530.